The Morgan fingerprint density at radius 2 is 2.12 bits per heavy atom. The molecule has 0 unspecified atom stereocenters. The second kappa shape index (κ2) is 4.39. The van der Waals surface area contributed by atoms with Crippen LogP contribution in [0.1, 0.15) is 25.3 Å². The van der Waals surface area contributed by atoms with E-state index in [1.54, 1.807) is 13.3 Å². The summed E-state index contributed by atoms with van der Waals surface area (Å²) in [5.74, 6) is 1.32. The molecule has 3 heteroatoms. The monoisotopic (exact) mass is 216 g/mol. The van der Waals surface area contributed by atoms with Crippen LogP contribution in [0.4, 0.5) is 0 Å². The second-order valence-electron chi connectivity index (χ2n) is 4.03. The van der Waals surface area contributed by atoms with Crippen LogP contribution < -0.4 is 4.74 Å². The summed E-state index contributed by atoms with van der Waals surface area (Å²) in [7, 11) is 1.68. The van der Waals surface area contributed by atoms with E-state index in [1.165, 1.54) is 5.56 Å². The molecule has 1 heterocycles. The van der Waals surface area contributed by atoms with Crippen LogP contribution in [0.2, 0.25) is 0 Å². The van der Waals surface area contributed by atoms with Gasteiger partial charge in [0.15, 0.2) is 0 Å². The Bertz CT molecular complexity index is 461. The first kappa shape index (κ1) is 10.7. The van der Waals surface area contributed by atoms with Gasteiger partial charge < -0.3 is 4.74 Å². The van der Waals surface area contributed by atoms with Crippen molar-refractivity contribution in [2.75, 3.05) is 7.11 Å². The Morgan fingerprint density at radius 3 is 2.69 bits per heavy atom. The lowest BCUT2D eigenvalue weighted by Gasteiger charge is -2.14. The Labute approximate surface area is 95.7 Å². The first-order valence-electron chi connectivity index (χ1n) is 5.40. The van der Waals surface area contributed by atoms with Crippen LogP contribution in [0.15, 0.2) is 36.7 Å². The zero-order valence-corrected chi connectivity index (χ0v) is 9.84. The zero-order valence-electron chi connectivity index (χ0n) is 9.84. The van der Waals surface area contributed by atoms with E-state index >= 15 is 0 Å². The molecular formula is C13H16N2O. The molecule has 0 atom stereocenters. The van der Waals surface area contributed by atoms with E-state index in [0.717, 1.165) is 11.4 Å². The molecule has 0 amide bonds. The molecule has 3 nitrogen and oxygen atoms in total. The van der Waals surface area contributed by atoms with Crippen LogP contribution >= 0.6 is 0 Å². The number of hydrogen-bond acceptors (Lipinski definition) is 2. The maximum absolute atomic E-state index is 5.25. The quantitative estimate of drug-likeness (QED) is 0.788. The van der Waals surface area contributed by atoms with Gasteiger partial charge in [0.05, 0.1) is 12.8 Å². The Kier molecular flexibility index (Phi) is 2.95. The standard InChI is InChI=1S/C13H16N2O/c1-10(2)12-6-5-11(16-3)9-13(12)15-8-4-7-14-15/h4-10H,1-3H3. The minimum atomic E-state index is 0.463. The van der Waals surface area contributed by atoms with E-state index in [-0.39, 0.29) is 0 Å². The van der Waals surface area contributed by atoms with Gasteiger partial charge in [0.25, 0.3) is 0 Å². The van der Waals surface area contributed by atoms with Crippen molar-refractivity contribution in [3.05, 3.63) is 42.2 Å². The highest BCUT2D eigenvalue weighted by Gasteiger charge is 2.09. The molecular weight excluding hydrogens is 200 g/mol. The Morgan fingerprint density at radius 1 is 1.31 bits per heavy atom. The van der Waals surface area contributed by atoms with Crippen molar-refractivity contribution in [3.63, 3.8) is 0 Å². The van der Waals surface area contributed by atoms with Crippen LogP contribution in [-0.2, 0) is 0 Å². The van der Waals surface area contributed by atoms with Crippen LogP contribution in [0.25, 0.3) is 5.69 Å². The molecule has 0 fully saturated rings. The number of rotatable bonds is 3. The molecule has 0 N–H and O–H groups in total. The maximum atomic E-state index is 5.25. The molecule has 2 rings (SSSR count). The van der Waals surface area contributed by atoms with Gasteiger partial charge in [0, 0.05) is 18.5 Å². The van der Waals surface area contributed by atoms with E-state index in [0.29, 0.717) is 5.92 Å². The molecule has 16 heavy (non-hydrogen) atoms. The molecule has 1 aromatic heterocycles. The predicted molar refractivity (Wildman–Crippen MR) is 64.2 cm³/mol. The number of benzene rings is 1. The van der Waals surface area contributed by atoms with Crippen LogP contribution in [0, 0.1) is 0 Å². The summed E-state index contributed by atoms with van der Waals surface area (Å²) in [5.41, 5.74) is 2.35. The third kappa shape index (κ3) is 1.94. The van der Waals surface area contributed by atoms with Crippen molar-refractivity contribution in [2.45, 2.75) is 19.8 Å². The first-order valence-corrected chi connectivity index (χ1v) is 5.40. The number of hydrogen-bond donors (Lipinski definition) is 0. The summed E-state index contributed by atoms with van der Waals surface area (Å²) in [6.45, 7) is 4.35. The van der Waals surface area contributed by atoms with Crippen molar-refractivity contribution in [1.82, 2.24) is 9.78 Å². The van der Waals surface area contributed by atoms with Gasteiger partial charge in [-0.1, -0.05) is 19.9 Å². The van der Waals surface area contributed by atoms with E-state index in [1.807, 2.05) is 29.1 Å². The fourth-order valence-corrected chi connectivity index (χ4v) is 1.75. The third-order valence-corrected chi connectivity index (χ3v) is 2.61. The lowest BCUT2D eigenvalue weighted by molar-refractivity contribution is 0.414. The zero-order chi connectivity index (χ0) is 11.5. The molecule has 0 aliphatic heterocycles. The average Bonchev–Trinajstić information content (AvgIpc) is 2.81. The minimum absolute atomic E-state index is 0.463. The highest BCUT2D eigenvalue weighted by Crippen LogP contribution is 2.26. The Balaban J connectivity index is 2.55. The van der Waals surface area contributed by atoms with Gasteiger partial charge in [0.2, 0.25) is 0 Å². The van der Waals surface area contributed by atoms with Crippen LogP contribution in [-0.4, -0.2) is 16.9 Å². The number of nitrogens with zero attached hydrogens (tertiary/aromatic N) is 2. The summed E-state index contributed by atoms with van der Waals surface area (Å²) in [6, 6.07) is 8.02. The van der Waals surface area contributed by atoms with E-state index in [9.17, 15) is 0 Å². The predicted octanol–water partition coefficient (Wildman–Crippen LogP) is 3.00. The van der Waals surface area contributed by atoms with Gasteiger partial charge in [-0.2, -0.15) is 5.10 Å². The summed E-state index contributed by atoms with van der Waals surface area (Å²) in [4.78, 5) is 0. The van der Waals surface area contributed by atoms with Crippen molar-refractivity contribution in [1.29, 1.82) is 0 Å². The number of methoxy groups -OCH3 is 1. The van der Waals surface area contributed by atoms with Gasteiger partial charge in [-0.3, -0.25) is 0 Å². The molecule has 0 spiro atoms. The van der Waals surface area contributed by atoms with Crippen molar-refractivity contribution in [2.24, 2.45) is 0 Å². The molecule has 0 saturated heterocycles. The summed E-state index contributed by atoms with van der Waals surface area (Å²) < 4.78 is 7.12. The SMILES string of the molecule is COc1ccc(C(C)C)c(-n2cccn2)c1. The lowest BCUT2D eigenvalue weighted by Crippen LogP contribution is -2.02. The molecule has 1 aromatic carbocycles. The topological polar surface area (TPSA) is 27.1 Å². The highest BCUT2D eigenvalue weighted by molar-refractivity contribution is 5.47. The van der Waals surface area contributed by atoms with Crippen molar-refractivity contribution >= 4 is 0 Å². The van der Waals surface area contributed by atoms with Gasteiger partial charge in [-0.25, -0.2) is 4.68 Å². The summed E-state index contributed by atoms with van der Waals surface area (Å²) in [5, 5.41) is 4.27. The summed E-state index contributed by atoms with van der Waals surface area (Å²) in [6.07, 6.45) is 3.73. The number of aromatic nitrogens is 2. The van der Waals surface area contributed by atoms with Gasteiger partial charge in [-0.05, 0) is 23.6 Å². The van der Waals surface area contributed by atoms with E-state index in [4.69, 9.17) is 4.74 Å². The molecule has 2 aromatic rings. The van der Waals surface area contributed by atoms with E-state index in [2.05, 4.69) is 25.0 Å². The maximum Gasteiger partial charge on any atom is 0.121 e. The molecule has 0 bridgehead atoms. The second-order valence-corrected chi connectivity index (χ2v) is 4.03. The molecule has 0 aliphatic carbocycles. The van der Waals surface area contributed by atoms with Crippen LogP contribution in [0.5, 0.6) is 5.75 Å². The smallest absolute Gasteiger partial charge is 0.121 e. The molecule has 0 aliphatic rings. The molecule has 84 valence electrons. The Hall–Kier alpha value is -1.77. The van der Waals surface area contributed by atoms with Crippen molar-refractivity contribution < 1.29 is 4.74 Å². The first-order chi connectivity index (χ1) is 7.72. The fraction of sp³-hybridized carbons (Fsp3) is 0.308. The van der Waals surface area contributed by atoms with Crippen LogP contribution in [0.3, 0.4) is 0 Å². The lowest BCUT2D eigenvalue weighted by atomic mass is 10.0. The van der Waals surface area contributed by atoms with Gasteiger partial charge >= 0.3 is 0 Å². The van der Waals surface area contributed by atoms with E-state index < -0.39 is 0 Å². The third-order valence-electron chi connectivity index (χ3n) is 2.61. The molecule has 0 saturated carbocycles. The largest absolute Gasteiger partial charge is 0.497 e. The van der Waals surface area contributed by atoms with Gasteiger partial charge in [-0.15, -0.1) is 0 Å². The fourth-order valence-electron chi connectivity index (χ4n) is 1.75. The highest BCUT2D eigenvalue weighted by atomic mass is 16.5. The normalized spacial score (nSPS) is 10.8. The summed E-state index contributed by atoms with van der Waals surface area (Å²) >= 11 is 0. The molecule has 0 radical (unpaired) electrons. The average molecular weight is 216 g/mol. The van der Waals surface area contributed by atoms with Gasteiger partial charge in [0.1, 0.15) is 5.75 Å². The number of ether oxygens (including phenoxy) is 1. The minimum Gasteiger partial charge on any atom is -0.497 e. The van der Waals surface area contributed by atoms with Crippen molar-refractivity contribution in [3.8, 4) is 11.4 Å².